The number of hydrogen-bond acceptors (Lipinski definition) is 2. The molecule has 2 aliphatic heterocycles. The van der Waals surface area contributed by atoms with Crippen molar-refractivity contribution >= 4 is 40.9 Å². The summed E-state index contributed by atoms with van der Waals surface area (Å²) in [5.74, 6) is 0.0528. The summed E-state index contributed by atoms with van der Waals surface area (Å²) in [5, 5.41) is 4.43. The summed E-state index contributed by atoms with van der Waals surface area (Å²) in [5.41, 5.74) is 2.17. The van der Waals surface area contributed by atoms with E-state index >= 15 is 0 Å². The molecule has 1 unspecified atom stereocenters. The Balaban J connectivity index is 1.88. The lowest BCUT2D eigenvalue weighted by atomic mass is 9.74. The molecular weight excluding hydrogens is 367 g/mol. The van der Waals surface area contributed by atoms with E-state index in [1.807, 2.05) is 42.5 Å². The number of nitrogens with one attached hydrogen (secondary N) is 1. The van der Waals surface area contributed by atoms with E-state index in [1.165, 1.54) is 5.56 Å². The molecule has 0 spiro atoms. The van der Waals surface area contributed by atoms with Gasteiger partial charge < -0.3 is 10.2 Å². The van der Waals surface area contributed by atoms with E-state index in [0.29, 0.717) is 23.0 Å². The van der Waals surface area contributed by atoms with E-state index in [-0.39, 0.29) is 11.3 Å². The minimum Gasteiger partial charge on any atom is -0.344 e. The molecule has 2 aromatic rings. The van der Waals surface area contributed by atoms with Gasteiger partial charge >= 0.3 is 0 Å². The molecule has 0 saturated carbocycles. The van der Waals surface area contributed by atoms with Gasteiger partial charge in [-0.3, -0.25) is 4.79 Å². The Hall–Kier alpha value is -1.97. The molecule has 1 N–H and O–H groups in total. The summed E-state index contributed by atoms with van der Waals surface area (Å²) in [7, 11) is 0. The van der Waals surface area contributed by atoms with Crippen LogP contribution in [0, 0.1) is 0 Å². The largest absolute Gasteiger partial charge is 0.344 e. The Morgan fingerprint density at radius 3 is 2.50 bits per heavy atom. The van der Waals surface area contributed by atoms with Gasteiger partial charge in [-0.25, -0.2) is 0 Å². The molecule has 2 aliphatic rings. The number of fused-ring (bicyclic) bond motifs is 3. The first-order valence-electron chi connectivity index (χ1n) is 8.68. The van der Waals surface area contributed by atoms with E-state index in [9.17, 15) is 4.79 Å². The van der Waals surface area contributed by atoms with Crippen molar-refractivity contribution in [1.82, 2.24) is 5.32 Å². The van der Waals surface area contributed by atoms with Crippen LogP contribution in [0.3, 0.4) is 0 Å². The number of para-hydroxylation sites is 1. The van der Waals surface area contributed by atoms with E-state index in [1.54, 1.807) is 0 Å². The third kappa shape index (κ3) is 2.38. The van der Waals surface area contributed by atoms with E-state index in [4.69, 9.17) is 23.2 Å². The van der Waals surface area contributed by atoms with Gasteiger partial charge in [0.2, 0.25) is 5.91 Å². The number of rotatable bonds is 2. The van der Waals surface area contributed by atoms with Gasteiger partial charge in [-0.1, -0.05) is 67.4 Å². The van der Waals surface area contributed by atoms with Crippen LogP contribution < -0.4 is 10.2 Å². The first kappa shape index (κ1) is 17.4. The lowest BCUT2D eigenvalue weighted by molar-refractivity contribution is -0.124. The smallest absolute Gasteiger partial charge is 0.223 e. The third-order valence-corrected chi connectivity index (χ3v) is 6.29. The zero-order valence-electron chi connectivity index (χ0n) is 14.7. The highest BCUT2D eigenvalue weighted by Crippen LogP contribution is 2.52. The predicted octanol–water partition coefficient (Wildman–Crippen LogP) is 5.02. The number of nitrogens with zero attached hydrogens (tertiary/aromatic N) is 1. The molecule has 26 heavy (non-hydrogen) atoms. The third-order valence-electron chi connectivity index (χ3n) is 5.63. The van der Waals surface area contributed by atoms with Crippen molar-refractivity contribution in [2.24, 2.45) is 0 Å². The molecule has 1 fully saturated rings. The maximum Gasteiger partial charge on any atom is 0.223 e. The lowest BCUT2D eigenvalue weighted by Crippen LogP contribution is -2.68. The fourth-order valence-electron chi connectivity index (χ4n) is 4.19. The monoisotopic (exact) mass is 386 g/mol. The van der Waals surface area contributed by atoms with Crippen LogP contribution >= 0.6 is 23.2 Å². The Labute approximate surface area is 163 Å². The maximum absolute atomic E-state index is 12.4. The SMILES string of the molecule is CC1(C)c2ccccc2N2CCC(=O)NC21/C=C/c1c(Cl)cccc1Cl. The molecule has 4 rings (SSSR count). The van der Waals surface area contributed by atoms with Crippen LogP contribution in [0.5, 0.6) is 0 Å². The van der Waals surface area contributed by atoms with Gasteiger partial charge in [-0.2, -0.15) is 0 Å². The maximum atomic E-state index is 12.4. The molecular formula is C21H20Cl2N2O. The number of halogens is 2. The van der Waals surface area contributed by atoms with Crippen molar-refractivity contribution in [3.8, 4) is 0 Å². The zero-order valence-corrected chi connectivity index (χ0v) is 16.2. The van der Waals surface area contributed by atoms with Crippen LogP contribution in [0.4, 0.5) is 5.69 Å². The molecule has 0 bridgehead atoms. The number of anilines is 1. The first-order valence-corrected chi connectivity index (χ1v) is 9.44. The lowest BCUT2D eigenvalue weighted by Gasteiger charge is -2.49. The average molecular weight is 387 g/mol. The standard InChI is InChI=1S/C21H20Cl2N2O/c1-20(2)15-6-3-4-9-18(15)25-13-11-19(26)24-21(20,25)12-10-14-16(22)7-5-8-17(14)23/h3-10,12H,11,13H2,1-2H3,(H,24,26)/b12-10+. The predicted molar refractivity (Wildman–Crippen MR) is 108 cm³/mol. The summed E-state index contributed by atoms with van der Waals surface area (Å²) in [6, 6.07) is 13.8. The number of amides is 1. The van der Waals surface area contributed by atoms with Crippen molar-refractivity contribution < 1.29 is 4.79 Å². The summed E-state index contributed by atoms with van der Waals surface area (Å²) in [6.07, 6.45) is 4.45. The molecule has 1 saturated heterocycles. The van der Waals surface area contributed by atoms with E-state index < -0.39 is 5.66 Å². The van der Waals surface area contributed by atoms with Gasteiger partial charge in [0.1, 0.15) is 5.66 Å². The van der Waals surface area contributed by atoms with Crippen molar-refractivity contribution in [2.75, 3.05) is 11.4 Å². The van der Waals surface area contributed by atoms with Crippen LogP contribution in [0.15, 0.2) is 48.5 Å². The van der Waals surface area contributed by atoms with Crippen molar-refractivity contribution in [3.63, 3.8) is 0 Å². The summed E-state index contributed by atoms with van der Waals surface area (Å²) in [4.78, 5) is 14.7. The normalized spacial score (nSPS) is 23.7. The van der Waals surface area contributed by atoms with Crippen molar-refractivity contribution in [1.29, 1.82) is 0 Å². The highest BCUT2D eigenvalue weighted by Gasteiger charge is 2.57. The summed E-state index contributed by atoms with van der Waals surface area (Å²) in [6.45, 7) is 5.00. The Kier molecular flexibility index (Phi) is 4.05. The Bertz CT molecular complexity index is 902. The summed E-state index contributed by atoms with van der Waals surface area (Å²) >= 11 is 12.7. The minimum absolute atomic E-state index is 0.0528. The molecule has 1 amide bonds. The molecule has 1 atom stereocenters. The first-order chi connectivity index (χ1) is 12.4. The van der Waals surface area contributed by atoms with Gasteiger partial charge in [0, 0.05) is 39.7 Å². The van der Waals surface area contributed by atoms with Gasteiger partial charge in [0.05, 0.1) is 0 Å². The molecule has 0 radical (unpaired) electrons. The Morgan fingerprint density at radius 1 is 1.08 bits per heavy atom. The van der Waals surface area contributed by atoms with Gasteiger partial charge in [-0.15, -0.1) is 0 Å². The molecule has 0 aliphatic carbocycles. The molecule has 134 valence electrons. The fraction of sp³-hybridized carbons (Fsp3) is 0.286. The second-order valence-electron chi connectivity index (χ2n) is 7.33. The van der Waals surface area contributed by atoms with E-state index in [2.05, 4.69) is 36.2 Å². The van der Waals surface area contributed by atoms with Crippen LogP contribution in [0.25, 0.3) is 6.08 Å². The van der Waals surface area contributed by atoms with Crippen molar-refractivity contribution in [3.05, 3.63) is 69.7 Å². The Morgan fingerprint density at radius 2 is 1.77 bits per heavy atom. The van der Waals surface area contributed by atoms with Gasteiger partial charge in [0.25, 0.3) is 0 Å². The molecule has 3 nitrogen and oxygen atoms in total. The van der Waals surface area contributed by atoms with Gasteiger partial charge in [0.15, 0.2) is 0 Å². The van der Waals surface area contributed by atoms with Crippen molar-refractivity contribution in [2.45, 2.75) is 31.3 Å². The second kappa shape index (κ2) is 6.04. The summed E-state index contributed by atoms with van der Waals surface area (Å²) < 4.78 is 0. The highest BCUT2D eigenvalue weighted by atomic mass is 35.5. The van der Waals surface area contributed by atoms with Crippen LogP contribution in [0.1, 0.15) is 31.4 Å². The molecule has 5 heteroatoms. The number of carbonyl (C=O) groups is 1. The average Bonchev–Trinajstić information content (AvgIpc) is 2.79. The number of benzene rings is 2. The topological polar surface area (TPSA) is 32.3 Å². The van der Waals surface area contributed by atoms with Crippen LogP contribution in [-0.2, 0) is 10.2 Å². The number of carbonyl (C=O) groups excluding carboxylic acids is 1. The van der Waals surface area contributed by atoms with Gasteiger partial charge in [-0.05, 0) is 29.8 Å². The molecule has 0 aromatic heterocycles. The molecule has 2 heterocycles. The molecule has 2 aromatic carbocycles. The minimum atomic E-state index is -0.658. The zero-order chi connectivity index (χ0) is 18.5. The second-order valence-corrected chi connectivity index (χ2v) is 8.14. The van der Waals surface area contributed by atoms with Crippen LogP contribution in [-0.4, -0.2) is 18.1 Å². The fourth-order valence-corrected chi connectivity index (χ4v) is 4.72. The van der Waals surface area contributed by atoms with Crippen LogP contribution in [0.2, 0.25) is 10.0 Å². The highest BCUT2D eigenvalue weighted by molar-refractivity contribution is 6.37. The number of hydrogen-bond donors (Lipinski definition) is 1. The van der Waals surface area contributed by atoms with E-state index in [0.717, 1.165) is 11.3 Å². The quantitative estimate of drug-likeness (QED) is 0.785.